The van der Waals surface area contributed by atoms with E-state index in [0.717, 1.165) is 32.1 Å². The molecule has 1 aromatic carbocycles. The monoisotopic (exact) mass is 917 g/mol. The van der Waals surface area contributed by atoms with Gasteiger partial charge in [-0.1, -0.05) is 71.0 Å². The van der Waals surface area contributed by atoms with Crippen molar-refractivity contribution < 1.29 is 38.3 Å². The van der Waals surface area contributed by atoms with Gasteiger partial charge in [0, 0.05) is 49.4 Å². The van der Waals surface area contributed by atoms with Crippen molar-refractivity contribution in [2.24, 2.45) is 11.3 Å². The Morgan fingerprint density at radius 2 is 1.71 bits per heavy atom. The van der Waals surface area contributed by atoms with Gasteiger partial charge in [-0.25, -0.2) is 4.98 Å². The van der Waals surface area contributed by atoms with Crippen molar-refractivity contribution in [1.82, 2.24) is 45.9 Å². The molecule has 5 fully saturated rings. The van der Waals surface area contributed by atoms with Gasteiger partial charge in [0.1, 0.15) is 46.9 Å². The van der Waals surface area contributed by atoms with Crippen LogP contribution in [0.1, 0.15) is 123 Å². The van der Waals surface area contributed by atoms with E-state index in [1.807, 2.05) is 41.5 Å². The van der Waals surface area contributed by atoms with Gasteiger partial charge in [0.15, 0.2) is 0 Å². The molecule has 4 heterocycles. The molecule has 3 saturated heterocycles. The highest BCUT2D eigenvalue weighted by atomic mass is 35.5. The van der Waals surface area contributed by atoms with E-state index in [1.165, 1.54) is 23.5 Å². The molecule has 4 N–H and O–H groups in total. The number of likely N-dealkylation sites (N-methyl/N-ethyl adjacent to an activating group) is 1. The van der Waals surface area contributed by atoms with Crippen LogP contribution in [0.5, 0.6) is 5.75 Å². The zero-order chi connectivity index (χ0) is 46.8. The van der Waals surface area contributed by atoms with Crippen molar-refractivity contribution in [3.05, 3.63) is 53.6 Å². The van der Waals surface area contributed by atoms with Crippen molar-refractivity contribution in [2.45, 2.75) is 160 Å². The zero-order valence-electron chi connectivity index (χ0n) is 38.4. The topological polar surface area (TPSA) is 212 Å². The molecule has 6 amide bonds. The second-order valence-corrected chi connectivity index (χ2v) is 20.1. The molecule has 352 valence electrons. The quantitative estimate of drug-likeness (QED) is 0.179. The fourth-order valence-corrected chi connectivity index (χ4v) is 10.6. The number of hydrogen-bond donors (Lipinski definition) is 4. The van der Waals surface area contributed by atoms with Gasteiger partial charge < -0.3 is 35.8 Å². The Bertz CT molecular complexity index is 2150. The largest absolute Gasteiger partial charge is 0.489 e. The van der Waals surface area contributed by atoms with E-state index in [2.05, 4.69) is 36.1 Å². The van der Waals surface area contributed by atoms with Crippen LogP contribution in [0.15, 0.2) is 42.9 Å². The molecular weight excluding hydrogens is 854 g/mol. The second-order valence-electron chi connectivity index (χ2n) is 19.7. The van der Waals surface area contributed by atoms with E-state index in [-0.39, 0.29) is 56.0 Å². The van der Waals surface area contributed by atoms with E-state index in [4.69, 9.17) is 16.3 Å². The van der Waals surface area contributed by atoms with Crippen molar-refractivity contribution in [2.75, 3.05) is 19.6 Å². The number of halogens is 1. The molecule has 18 heteroatoms. The standard InChI is InChI=1S/C47H64ClN9O8/c1-7-13-33(37(58)42(62)51-30-18-19-30)52-40(60)35-24-47(56(8-2)44(64)46(6)23-32(26-57(46)47)65-31-17-12-16-29(48)22-31)27-55(35)43(63)38(45(3,4)5)54-41(61)36(28-14-10-9-11-15-28)53-39(59)34-25-49-20-21-50-34/h12,16-17,20-22,25,28,30,32-33,35-36,38H,7-11,13-15,18-19,23-24,26-27H2,1-6H3,(H,51,62)(H,52,60)(H,53,59)(H,54,61)/t32-,33?,35-,36-,38+,46+,47?/m0/s1. The molecule has 2 saturated carbocycles. The normalized spacial score (nSPS) is 26.0. The Kier molecular flexibility index (Phi) is 14.2. The van der Waals surface area contributed by atoms with E-state index in [9.17, 15) is 28.8 Å². The Morgan fingerprint density at radius 1 is 0.969 bits per heavy atom. The molecule has 1 spiro atoms. The molecule has 0 radical (unpaired) electrons. The first-order valence-corrected chi connectivity index (χ1v) is 23.6. The van der Waals surface area contributed by atoms with Crippen LogP contribution in [0.2, 0.25) is 5.02 Å². The number of benzene rings is 1. The lowest BCUT2D eigenvalue weighted by Crippen LogP contribution is -2.62. The van der Waals surface area contributed by atoms with Gasteiger partial charge >= 0.3 is 0 Å². The summed E-state index contributed by atoms with van der Waals surface area (Å²) in [5.41, 5.74) is -3.13. The molecule has 5 aliphatic rings. The summed E-state index contributed by atoms with van der Waals surface area (Å²) in [5.74, 6) is -3.72. The third-order valence-electron chi connectivity index (χ3n) is 13.9. The minimum Gasteiger partial charge on any atom is -0.489 e. The third kappa shape index (κ3) is 10.0. The average Bonchev–Trinajstić information content (AvgIpc) is 3.86. The molecule has 3 aliphatic heterocycles. The van der Waals surface area contributed by atoms with Crippen molar-refractivity contribution in [1.29, 1.82) is 0 Å². The highest BCUT2D eigenvalue weighted by Crippen LogP contribution is 2.51. The number of rotatable bonds is 16. The number of carbonyl (C=O) groups is 7. The molecule has 65 heavy (non-hydrogen) atoms. The fourth-order valence-electron chi connectivity index (χ4n) is 10.5. The fraction of sp³-hybridized carbons (Fsp3) is 0.638. The van der Waals surface area contributed by atoms with E-state index < -0.39 is 82.2 Å². The van der Waals surface area contributed by atoms with Crippen molar-refractivity contribution >= 4 is 52.8 Å². The van der Waals surface area contributed by atoms with E-state index >= 15 is 4.79 Å². The predicted molar refractivity (Wildman–Crippen MR) is 240 cm³/mol. The molecular formula is C47H64ClN9O8. The maximum absolute atomic E-state index is 15.5. The molecule has 7 atom stereocenters. The van der Waals surface area contributed by atoms with Crippen LogP contribution in [0.3, 0.4) is 0 Å². The summed E-state index contributed by atoms with van der Waals surface area (Å²) in [6.07, 6.45) is 10.4. The lowest BCUT2D eigenvalue weighted by Gasteiger charge is -2.41. The molecule has 7 rings (SSSR count). The molecule has 2 aliphatic carbocycles. The number of nitrogens with zero attached hydrogens (tertiary/aromatic N) is 5. The lowest BCUT2D eigenvalue weighted by atomic mass is 9.82. The summed E-state index contributed by atoms with van der Waals surface area (Å²) >= 11 is 6.30. The number of Topliss-reactive ketones (excluding diaryl/α,β-unsaturated/α-hetero) is 1. The number of ketones is 1. The van der Waals surface area contributed by atoms with Crippen molar-refractivity contribution in [3.8, 4) is 5.75 Å². The number of likely N-dealkylation sites (tertiary alicyclic amines) is 1. The van der Waals surface area contributed by atoms with Crippen LogP contribution in [0, 0.1) is 11.3 Å². The Hall–Kier alpha value is -5.16. The number of nitrogens with one attached hydrogen (secondary N) is 4. The molecule has 0 bridgehead atoms. The zero-order valence-corrected chi connectivity index (χ0v) is 39.1. The first-order chi connectivity index (χ1) is 30.9. The molecule has 1 aromatic heterocycles. The third-order valence-corrected chi connectivity index (χ3v) is 14.1. The predicted octanol–water partition coefficient (Wildman–Crippen LogP) is 3.54. The minimum absolute atomic E-state index is 0.0192. The highest BCUT2D eigenvalue weighted by Gasteiger charge is 2.70. The second kappa shape index (κ2) is 19.4. The number of amides is 6. The number of carbonyl (C=O) groups excluding carboxylic acids is 7. The first-order valence-electron chi connectivity index (χ1n) is 23.2. The summed E-state index contributed by atoms with van der Waals surface area (Å²) in [7, 11) is 0. The van der Waals surface area contributed by atoms with Gasteiger partial charge in [-0.2, -0.15) is 0 Å². The van der Waals surface area contributed by atoms with E-state index in [1.54, 1.807) is 29.2 Å². The summed E-state index contributed by atoms with van der Waals surface area (Å²) in [6.45, 7) is 11.5. The molecule has 17 nitrogen and oxygen atoms in total. The number of aromatic nitrogens is 2. The molecule has 2 unspecified atom stereocenters. The molecule has 2 aromatic rings. The van der Waals surface area contributed by atoms with E-state index in [0.29, 0.717) is 36.5 Å². The summed E-state index contributed by atoms with van der Waals surface area (Å²) in [4.78, 5) is 113. The summed E-state index contributed by atoms with van der Waals surface area (Å²) in [5, 5.41) is 12.0. The number of fused-ring (bicyclic) bond motifs is 2. The average molecular weight is 919 g/mol. The highest BCUT2D eigenvalue weighted by molar-refractivity contribution is 6.38. The van der Waals surface area contributed by atoms with Gasteiger partial charge in [0.05, 0.1) is 18.8 Å². The van der Waals surface area contributed by atoms with Crippen LogP contribution < -0.4 is 26.0 Å². The van der Waals surface area contributed by atoms with Gasteiger partial charge in [-0.05, 0) is 75.5 Å². The van der Waals surface area contributed by atoms with Crippen LogP contribution in [-0.2, 0) is 28.8 Å². The van der Waals surface area contributed by atoms with Crippen molar-refractivity contribution in [3.63, 3.8) is 0 Å². The number of ether oxygens (including phenoxy) is 1. The summed E-state index contributed by atoms with van der Waals surface area (Å²) in [6, 6.07) is 2.35. The lowest BCUT2D eigenvalue weighted by molar-refractivity contribution is -0.145. The van der Waals surface area contributed by atoms with Crippen LogP contribution in [0.25, 0.3) is 0 Å². The maximum Gasteiger partial charge on any atom is 0.289 e. The first kappa shape index (κ1) is 47.8. The van der Waals surface area contributed by atoms with Gasteiger partial charge in [0.2, 0.25) is 29.4 Å². The Labute approximate surface area is 385 Å². The van der Waals surface area contributed by atoms with Gasteiger partial charge in [0.25, 0.3) is 11.8 Å². The minimum atomic E-state index is -1.23. The number of hydrogen-bond acceptors (Lipinski definition) is 11. The maximum atomic E-state index is 15.5. The van der Waals surface area contributed by atoms with Gasteiger partial charge in [-0.3, -0.25) is 43.4 Å². The van der Waals surface area contributed by atoms with Crippen LogP contribution in [-0.4, -0.2) is 133 Å². The SMILES string of the molecule is CCCC(NC(=O)[C@@H]1CC2(CN1C(=O)[C@@H](NC(=O)[C@@H](NC(=O)c1cnccn1)C1CCCCC1)C(C)(C)C)N(CC)C(=O)[C@@]1(C)C[C@H](Oc3cccc(Cl)c3)CN21)C(=O)C(=O)NC1CC1. The smallest absolute Gasteiger partial charge is 0.289 e. The van der Waals surface area contributed by atoms with Crippen LogP contribution >= 0.6 is 11.6 Å². The summed E-state index contributed by atoms with van der Waals surface area (Å²) < 4.78 is 6.42. The Morgan fingerprint density at radius 3 is 2.34 bits per heavy atom. The van der Waals surface area contributed by atoms with Gasteiger partial charge in [-0.15, -0.1) is 0 Å². The Balaban J connectivity index is 1.23. The van der Waals surface area contributed by atoms with Crippen LogP contribution in [0.4, 0.5) is 0 Å².